The fourth-order valence-corrected chi connectivity index (χ4v) is 3.25. The molecular weight excluding hydrogens is 441 g/mol. The number of benzene rings is 2. The molecule has 156 valence electrons. The third-order valence-electron chi connectivity index (χ3n) is 4.12. The Hall–Kier alpha value is -1.99. The van der Waals surface area contributed by atoms with Crippen molar-refractivity contribution >= 4 is 35.1 Å². The van der Waals surface area contributed by atoms with E-state index >= 15 is 0 Å². The van der Waals surface area contributed by atoms with Crippen LogP contribution in [0.2, 0.25) is 10.0 Å². The second-order valence-corrected chi connectivity index (χ2v) is 7.26. The summed E-state index contributed by atoms with van der Waals surface area (Å²) < 4.78 is 81.4. The summed E-state index contributed by atoms with van der Waals surface area (Å²) in [5.41, 5.74) is -1.85. The average molecular weight is 455 g/mol. The number of Topliss-reactive ketones (excluding diaryl/α,β-unsaturated/α-hetero) is 1. The van der Waals surface area contributed by atoms with Crippen molar-refractivity contribution in [3.63, 3.8) is 0 Å². The van der Waals surface area contributed by atoms with Crippen molar-refractivity contribution in [1.82, 2.24) is 0 Å². The maximum absolute atomic E-state index is 14.1. The fourth-order valence-electron chi connectivity index (χ4n) is 2.74. The van der Waals surface area contributed by atoms with Crippen LogP contribution in [0, 0.1) is 5.82 Å². The lowest BCUT2D eigenvalue weighted by Crippen LogP contribution is -2.20. The molecule has 1 unspecified atom stereocenters. The molecule has 0 bridgehead atoms. The van der Waals surface area contributed by atoms with E-state index in [1.54, 1.807) is 0 Å². The molecule has 1 atom stereocenters. The minimum Gasteiger partial charge on any atom is -0.294 e. The topological polar surface area (TPSA) is 17.1 Å². The van der Waals surface area contributed by atoms with Crippen molar-refractivity contribution in [2.75, 3.05) is 0 Å². The SMILES string of the molecule is CC(=O)c1ccc(/C=C/C(c2cc(Cl)c(F)c(Cl)c2)C(C)(F)F)cc1C(F)(F)F. The molecule has 0 aliphatic rings. The Balaban J connectivity index is 2.52. The number of halogens is 8. The molecule has 0 N–H and O–H groups in total. The van der Waals surface area contributed by atoms with Gasteiger partial charge < -0.3 is 0 Å². The molecular formula is C20H14Cl2F6O. The summed E-state index contributed by atoms with van der Waals surface area (Å²) in [6, 6.07) is 4.85. The first-order valence-corrected chi connectivity index (χ1v) is 8.90. The number of hydrogen-bond acceptors (Lipinski definition) is 1. The monoisotopic (exact) mass is 454 g/mol. The molecule has 0 fully saturated rings. The summed E-state index contributed by atoms with van der Waals surface area (Å²) in [7, 11) is 0. The molecule has 9 heteroatoms. The van der Waals surface area contributed by atoms with Gasteiger partial charge in [0.2, 0.25) is 0 Å². The number of hydrogen-bond donors (Lipinski definition) is 0. The standard InChI is InChI=1S/C20H14Cl2F6O/c1-10(29)13-5-3-11(7-15(13)20(26,27)28)4-6-14(19(2,24)25)12-8-16(21)18(23)17(22)9-12/h3-9,14H,1-2H3/b6-4+. The van der Waals surface area contributed by atoms with Gasteiger partial charge in [-0.3, -0.25) is 4.79 Å². The lowest BCUT2D eigenvalue weighted by Gasteiger charge is -2.21. The first-order chi connectivity index (χ1) is 13.2. The van der Waals surface area contributed by atoms with E-state index in [9.17, 15) is 31.1 Å². The molecule has 0 amide bonds. The van der Waals surface area contributed by atoms with E-state index in [1.807, 2.05) is 0 Å². The van der Waals surface area contributed by atoms with Crippen molar-refractivity contribution in [3.8, 4) is 0 Å². The highest BCUT2D eigenvalue weighted by Gasteiger charge is 2.36. The predicted molar refractivity (Wildman–Crippen MR) is 100 cm³/mol. The first-order valence-electron chi connectivity index (χ1n) is 8.14. The molecule has 0 saturated heterocycles. The minimum atomic E-state index is -4.79. The zero-order valence-electron chi connectivity index (χ0n) is 15.1. The van der Waals surface area contributed by atoms with E-state index in [0.717, 1.165) is 37.3 Å². The van der Waals surface area contributed by atoms with Crippen LogP contribution in [0.1, 0.15) is 46.8 Å². The molecule has 29 heavy (non-hydrogen) atoms. The number of alkyl halides is 5. The highest BCUT2D eigenvalue weighted by Crippen LogP contribution is 2.39. The van der Waals surface area contributed by atoms with E-state index in [0.29, 0.717) is 13.0 Å². The second-order valence-electron chi connectivity index (χ2n) is 6.45. The molecule has 0 spiro atoms. The molecule has 0 heterocycles. The van der Waals surface area contributed by atoms with Gasteiger partial charge >= 0.3 is 6.18 Å². The maximum atomic E-state index is 14.1. The quantitative estimate of drug-likeness (QED) is 0.255. The Kier molecular flexibility index (Phi) is 6.75. The van der Waals surface area contributed by atoms with Gasteiger partial charge in [-0.15, -0.1) is 0 Å². The van der Waals surface area contributed by atoms with Gasteiger partial charge in [-0.1, -0.05) is 47.5 Å². The molecule has 2 aromatic carbocycles. The van der Waals surface area contributed by atoms with Crippen LogP contribution >= 0.6 is 23.2 Å². The van der Waals surface area contributed by atoms with Crippen LogP contribution in [-0.4, -0.2) is 11.7 Å². The number of allylic oxidation sites excluding steroid dienone is 1. The van der Waals surface area contributed by atoms with Crippen molar-refractivity contribution in [2.24, 2.45) is 0 Å². The summed E-state index contributed by atoms with van der Waals surface area (Å²) in [4.78, 5) is 11.4. The molecule has 2 aromatic rings. The van der Waals surface area contributed by atoms with E-state index in [-0.39, 0.29) is 11.1 Å². The van der Waals surface area contributed by atoms with Crippen LogP contribution in [0.25, 0.3) is 6.08 Å². The largest absolute Gasteiger partial charge is 0.417 e. The number of ketones is 1. The summed E-state index contributed by atoms with van der Waals surface area (Å²) in [5, 5.41) is -0.916. The smallest absolute Gasteiger partial charge is 0.294 e. The van der Waals surface area contributed by atoms with Gasteiger partial charge in [0.25, 0.3) is 5.92 Å². The Bertz CT molecular complexity index is 937. The lowest BCUT2D eigenvalue weighted by molar-refractivity contribution is -0.137. The van der Waals surface area contributed by atoms with Gasteiger partial charge in [-0.05, 0) is 36.2 Å². The van der Waals surface area contributed by atoms with Crippen LogP contribution in [0.15, 0.2) is 36.4 Å². The molecule has 1 nitrogen and oxygen atoms in total. The fraction of sp³-hybridized carbons (Fsp3) is 0.250. The van der Waals surface area contributed by atoms with E-state index < -0.39 is 50.8 Å². The summed E-state index contributed by atoms with van der Waals surface area (Å²) >= 11 is 11.3. The minimum absolute atomic E-state index is 0.0455. The first kappa shape index (κ1) is 23.3. The third kappa shape index (κ3) is 5.54. The van der Waals surface area contributed by atoms with Gasteiger partial charge in [0, 0.05) is 12.5 Å². The summed E-state index contributed by atoms with van der Waals surface area (Å²) in [6.45, 7) is 1.60. The van der Waals surface area contributed by atoms with Gasteiger partial charge in [0.15, 0.2) is 11.6 Å². The van der Waals surface area contributed by atoms with Gasteiger partial charge in [0.1, 0.15) is 0 Å². The molecule has 0 radical (unpaired) electrons. The summed E-state index contributed by atoms with van der Waals surface area (Å²) in [5.74, 6) is -6.73. The van der Waals surface area contributed by atoms with Crippen molar-refractivity contribution in [2.45, 2.75) is 31.9 Å². The van der Waals surface area contributed by atoms with E-state index in [2.05, 4.69) is 0 Å². The molecule has 0 aliphatic heterocycles. The van der Waals surface area contributed by atoms with Gasteiger partial charge in [0.05, 0.1) is 21.5 Å². The number of carbonyl (C=O) groups excluding carboxylic acids is 1. The Morgan fingerprint density at radius 1 is 1.03 bits per heavy atom. The predicted octanol–water partition coefficient (Wildman–Crippen LogP) is 7.81. The lowest BCUT2D eigenvalue weighted by atomic mass is 9.91. The highest BCUT2D eigenvalue weighted by molar-refractivity contribution is 6.35. The van der Waals surface area contributed by atoms with Gasteiger partial charge in [-0.2, -0.15) is 13.2 Å². The van der Waals surface area contributed by atoms with Crippen LogP contribution in [-0.2, 0) is 6.18 Å². The average Bonchev–Trinajstić information content (AvgIpc) is 2.57. The molecule has 0 aromatic heterocycles. The Morgan fingerprint density at radius 2 is 1.59 bits per heavy atom. The van der Waals surface area contributed by atoms with E-state index in [1.165, 1.54) is 6.07 Å². The van der Waals surface area contributed by atoms with Crippen LogP contribution in [0.5, 0.6) is 0 Å². The second kappa shape index (κ2) is 8.40. The highest BCUT2D eigenvalue weighted by atomic mass is 35.5. The molecule has 0 aliphatic carbocycles. The Morgan fingerprint density at radius 3 is 2.03 bits per heavy atom. The molecule has 2 rings (SSSR count). The van der Waals surface area contributed by atoms with Gasteiger partial charge in [-0.25, -0.2) is 13.2 Å². The maximum Gasteiger partial charge on any atom is 0.417 e. The zero-order valence-corrected chi connectivity index (χ0v) is 16.6. The van der Waals surface area contributed by atoms with Crippen LogP contribution in [0.3, 0.4) is 0 Å². The van der Waals surface area contributed by atoms with Crippen LogP contribution < -0.4 is 0 Å². The molecule has 0 saturated carbocycles. The zero-order chi connectivity index (χ0) is 22.1. The summed E-state index contributed by atoms with van der Waals surface area (Å²) in [6.07, 6.45) is -2.76. The van der Waals surface area contributed by atoms with Crippen molar-refractivity contribution in [1.29, 1.82) is 0 Å². The number of carbonyl (C=O) groups is 1. The normalized spacial score (nSPS) is 13.7. The third-order valence-corrected chi connectivity index (χ3v) is 4.67. The van der Waals surface area contributed by atoms with Crippen molar-refractivity contribution < 1.29 is 31.1 Å². The van der Waals surface area contributed by atoms with E-state index in [4.69, 9.17) is 23.2 Å². The van der Waals surface area contributed by atoms with Crippen LogP contribution in [0.4, 0.5) is 26.3 Å². The number of rotatable bonds is 5. The van der Waals surface area contributed by atoms with Crippen molar-refractivity contribution in [3.05, 3.63) is 74.5 Å². The Labute approximate surface area is 172 Å².